The maximum Gasteiger partial charge on any atom is 0.174 e. The zero-order chi connectivity index (χ0) is 23.8. The van der Waals surface area contributed by atoms with Crippen LogP contribution in [0.3, 0.4) is 0 Å². The number of hydrogen-bond donors (Lipinski definition) is 1. The molecule has 1 aliphatic heterocycles. The molecule has 2 atom stereocenters. The van der Waals surface area contributed by atoms with Crippen molar-refractivity contribution in [2.45, 2.75) is 31.8 Å². The molecular weight excluding hydrogens is 513 g/mol. The predicted octanol–water partition coefficient (Wildman–Crippen LogP) is 7.54. The summed E-state index contributed by atoms with van der Waals surface area (Å²) in [5, 5.41) is 4.02. The molecule has 2 aromatic carbocycles. The van der Waals surface area contributed by atoms with Crippen LogP contribution in [0.1, 0.15) is 48.9 Å². The number of furan rings is 1. The summed E-state index contributed by atoms with van der Waals surface area (Å²) in [5.74, 6) is 1.22. The number of benzene rings is 2. The van der Waals surface area contributed by atoms with Crippen LogP contribution in [-0.4, -0.2) is 10.1 Å². The Morgan fingerprint density at radius 3 is 2.53 bits per heavy atom. The number of nitrogens with one attached hydrogen (secondary N) is 1. The molecule has 0 bridgehead atoms. The average Bonchev–Trinajstić information content (AvgIpc) is 3.44. The molecule has 0 saturated carbocycles. The topological polar surface area (TPSA) is 41.3 Å². The standard InChI is InChI=1S/C27H23BrFN3OS/c1-16(2)17-6-9-19(10-7-17)32-26(25(31-27(32)34)22-5-3-4-14-30-22)24-13-12-23(33-24)20-11-8-18(28)15-21(20)29/h3-16,25-26H,1-2H3,(H,31,34)/t25-,26-/m0/s1. The molecule has 1 aliphatic rings. The number of pyridine rings is 1. The molecule has 7 heteroatoms. The monoisotopic (exact) mass is 535 g/mol. The van der Waals surface area contributed by atoms with Crippen molar-refractivity contribution in [2.75, 3.05) is 4.90 Å². The van der Waals surface area contributed by atoms with E-state index >= 15 is 0 Å². The van der Waals surface area contributed by atoms with Gasteiger partial charge in [0.05, 0.1) is 17.3 Å². The van der Waals surface area contributed by atoms with Gasteiger partial charge in [-0.25, -0.2) is 4.39 Å². The number of anilines is 1. The lowest BCUT2D eigenvalue weighted by Gasteiger charge is -2.26. The maximum atomic E-state index is 14.6. The van der Waals surface area contributed by atoms with Gasteiger partial charge in [-0.2, -0.15) is 0 Å². The molecule has 1 fully saturated rings. The van der Waals surface area contributed by atoms with E-state index in [4.69, 9.17) is 16.6 Å². The van der Waals surface area contributed by atoms with Crippen molar-refractivity contribution in [1.82, 2.24) is 10.3 Å². The van der Waals surface area contributed by atoms with Crippen LogP contribution >= 0.6 is 28.1 Å². The first kappa shape index (κ1) is 22.7. The number of nitrogens with zero attached hydrogens (tertiary/aromatic N) is 2. The second-order valence-electron chi connectivity index (χ2n) is 8.57. The van der Waals surface area contributed by atoms with E-state index in [9.17, 15) is 4.39 Å². The summed E-state index contributed by atoms with van der Waals surface area (Å²) in [4.78, 5) is 6.62. The van der Waals surface area contributed by atoms with Gasteiger partial charge in [0, 0.05) is 16.4 Å². The van der Waals surface area contributed by atoms with Gasteiger partial charge < -0.3 is 14.6 Å². The number of rotatable bonds is 5. The number of thiocarbonyl (C=S) groups is 1. The normalized spacial score (nSPS) is 17.9. The van der Waals surface area contributed by atoms with Gasteiger partial charge in [0.25, 0.3) is 0 Å². The molecule has 0 amide bonds. The first-order valence-electron chi connectivity index (χ1n) is 11.1. The first-order chi connectivity index (χ1) is 16.4. The van der Waals surface area contributed by atoms with E-state index in [2.05, 4.69) is 69.2 Å². The van der Waals surface area contributed by atoms with Crippen LogP contribution in [0.5, 0.6) is 0 Å². The highest BCUT2D eigenvalue weighted by molar-refractivity contribution is 9.10. The fourth-order valence-electron chi connectivity index (χ4n) is 4.29. The Hall–Kier alpha value is -3.03. The lowest BCUT2D eigenvalue weighted by molar-refractivity contribution is 0.438. The summed E-state index contributed by atoms with van der Waals surface area (Å²) in [6.45, 7) is 4.34. The smallest absolute Gasteiger partial charge is 0.174 e. The van der Waals surface area contributed by atoms with Crippen molar-refractivity contribution < 1.29 is 8.81 Å². The molecular formula is C27H23BrFN3OS. The third kappa shape index (κ3) is 4.26. The van der Waals surface area contributed by atoms with E-state index in [1.807, 2.05) is 24.3 Å². The van der Waals surface area contributed by atoms with E-state index in [1.165, 1.54) is 11.6 Å². The molecule has 172 valence electrons. The lowest BCUT2D eigenvalue weighted by Crippen LogP contribution is -2.29. The molecule has 4 aromatic rings. The minimum absolute atomic E-state index is 0.229. The van der Waals surface area contributed by atoms with Crippen LogP contribution in [0, 0.1) is 5.82 Å². The van der Waals surface area contributed by atoms with Gasteiger partial charge in [-0.05, 0) is 78.3 Å². The zero-order valence-electron chi connectivity index (χ0n) is 18.7. The van der Waals surface area contributed by atoms with Crippen molar-refractivity contribution in [3.63, 3.8) is 0 Å². The summed E-state index contributed by atoms with van der Waals surface area (Å²) < 4.78 is 21.6. The quantitative estimate of drug-likeness (QED) is 0.267. The molecule has 5 rings (SSSR count). The fourth-order valence-corrected chi connectivity index (χ4v) is 4.97. The maximum absolute atomic E-state index is 14.6. The van der Waals surface area contributed by atoms with E-state index in [0.717, 1.165) is 11.4 Å². The Morgan fingerprint density at radius 1 is 1.06 bits per heavy atom. The van der Waals surface area contributed by atoms with Crippen molar-refractivity contribution in [3.05, 3.63) is 106 Å². The molecule has 34 heavy (non-hydrogen) atoms. The van der Waals surface area contributed by atoms with Crippen molar-refractivity contribution >= 4 is 38.9 Å². The van der Waals surface area contributed by atoms with Gasteiger partial charge in [0.1, 0.15) is 23.4 Å². The summed E-state index contributed by atoms with van der Waals surface area (Å²) in [6, 6.07) is 22.3. The largest absolute Gasteiger partial charge is 0.459 e. The third-order valence-electron chi connectivity index (χ3n) is 6.05. The molecule has 4 nitrogen and oxygen atoms in total. The summed E-state index contributed by atoms with van der Waals surface area (Å²) >= 11 is 9.09. The lowest BCUT2D eigenvalue weighted by atomic mass is 10.0. The minimum atomic E-state index is -0.349. The van der Waals surface area contributed by atoms with Crippen molar-refractivity contribution in [2.24, 2.45) is 0 Å². The van der Waals surface area contributed by atoms with Gasteiger partial charge in [-0.3, -0.25) is 4.98 Å². The van der Waals surface area contributed by atoms with Crippen LogP contribution in [0.15, 0.2) is 87.9 Å². The van der Waals surface area contributed by atoms with Crippen molar-refractivity contribution in [3.8, 4) is 11.3 Å². The highest BCUT2D eigenvalue weighted by atomic mass is 79.9. The predicted molar refractivity (Wildman–Crippen MR) is 140 cm³/mol. The zero-order valence-corrected chi connectivity index (χ0v) is 21.1. The van der Waals surface area contributed by atoms with E-state index in [0.29, 0.717) is 32.6 Å². The fraction of sp³-hybridized carbons (Fsp3) is 0.185. The van der Waals surface area contributed by atoms with E-state index in [1.54, 1.807) is 24.4 Å². The average molecular weight is 536 g/mol. The third-order valence-corrected chi connectivity index (χ3v) is 6.86. The van der Waals surface area contributed by atoms with Crippen LogP contribution in [-0.2, 0) is 0 Å². The number of hydrogen-bond acceptors (Lipinski definition) is 3. The first-order valence-corrected chi connectivity index (χ1v) is 12.3. The van der Waals surface area contributed by atoms with Gasteiger partial charge in [-0.15, -0.1) is 0 Å². The minimum Gasteiger partial charge on any atom is -0.459 e. The Morgan fingerprint density at radius 2 is 1.85 bits per heavy atom. The Bertz CT molecular complexity index is 1320. The van der Waals surface area contributed by atoms with Crippen LogP contribution < -0.4 is 10.2 Å². The molecule has 0 spiro atoms. The van der Waals surface area contributed by atoms with Gasteiger partial charge >= 0.3 is 0 Å². The van der Waals surface area contributed by atoms with Crippen molar-refractivity contribution in [1.29, 1.82) is 0 Å². The van der Waals surface area contributed by atoms with Crippen LogP contribution in [0.2, 0.25) is 0 Å². The van der Waals surface area contributed by atoms with Gasteiger partial charge in [0.2, 0.25) is 0 Å². The molecule has 3 heterocycles. The molecule has 1 N–H and O–H groups in total. The Kier molecular flexibility index (Phi) is 6.23. The van der Waals surface area contributed by atoms with Gasteiger partial charge in [0.15, 0.2) is 5.11 Å². The summed E-state index contributed by atoms with van der Waals surface area (Å²) in [5.41, 5.74) is 3.47. The van der Waals surface area contributed by atoms with Crippen LogP contribution in [0.25, 0.3) is 11.3 Å². The summed E-state index contributed by atoms with van der Waals surface area (Å²) in [7, 11) is 0. The number of halogens is 2. The molecule has 2 aromatic heterocycles. The Labute approximate surface area is 212 Å². The highest BCUT2D eigenvalue weighted by Gasteiger charge is 2.42. The molecule has 0 aliphatic carbocycles. The molecule has 0 radical (unpaired) electrons. The molecule has 1 saturated heterocycles. The Balaban J connectivity index is 1.58. The highest BCUT2D eigenvalue weighted by Crippen LogP contribution is 2.43. The van der Waals surface area contributed by atoms with E-state index < -0.39 is 0 Å². The summed E-state index contributed by atoms with van der Waals surface area (Å²) in [6.07, 6.45) is 1.77. The second kappa shape index (κ2) is 9.31. The second-order valence-corrected chi connectivity index (χ2v) is 9.87. The molecule has 0 unspecified atom stereocenters. The van der Waals surface area contributed by atoms with E-state index in [-0.39, 0.29) is 17.9 Å². The van der Waals surface area contributed by atoms with Gasteiger partial charge in [-0.1, -0.05) is 48.0 Å². The SMILES string of the molecule is CC(C)c1ccc(N2C(=S)N[C@@H](c3ccccn3)[C@@H]2c2ccc(-c3ccc(Br)cc3F)o2)cc1. The van der Waals surface area contributed by atoms with Crippen LogP contribution in [0.4, 0.5) is 10.1 Å². The number of aromatic nitrogens is 1.